The van der Waals surface area contributed by atoms with Crippen LogP contribution in [0.1, 0.15) is 28.3 Å². The number of hydrogen-bond donors (Lipinski definition) is 2. The van der Waals surface area contributed by atoms with Crippen molar-refractivity contribution in [2.75, 3.05) is 20.8 Å². The second-order valence-corrected chi connectivity index (χ2v) is 9.49. The van der Waals surface area contributed by atoms with Crippen LogP contribution in [-0.4, -0.2) is 38.1 Å². The third-order valence-corrected chi connectivity index (χ3v) is 6.66. The zero-order chi connectivity index (χ0) is 29.1. The van der Waals surface area contributed by atoms with Crippen molar-refractivity contribution in [2.24, 2.45) is 5.73 Å². The molecule has 4 rings (SSSR count). The molecule has 1 atom stereocenters. The lowest BCUT2D eigenvalue weighted by Gasteiger charge is -2.29. The molecule has 0 aliphatic rings. The van der Waals surface area contributed by atoms with Crippen molar-refractivity contribution in [3.63, 3.8) is 0 Å². The molecule has 0 bridgehead atoms. The molecular weight excluding hydrogens is 516 g/mol. The number of nitrogens with one attached hydrogen (secondary N) is 1. The highest BCUT2D eigenvalue weighted by molar-refractivity contribution is 6.16. The van der Waals surface area contributed by atoms with Gasteiger partial charge in [0, 0.05) is 0 Å². The second-order valence-electron chi connectivity index (χ2n) is 9.49. The summed E-state index contributed by atoms with van der Waals surface area (Å²) in [4.78, 5) is 27.5. The molecule has 3 N–H and O–H groups in total. The third kappa shape index (κ3) is 7.48. The zero-order valence-corrected chi connectivity index (χ0v) is 23.2. The first-order valence-electron chi connectivity index (χ1n) is 13.2. The van der Waals surface area contributed by atoms with Crippen LogP contribution >= 0.6 is 0 Å². The summed E-state index contributed by atoms with van der Waals surface area (Å²) in [6, 6.07) is 33.3. The minimum Gasteiger partial charge on any atom is -0.493 e. The quantitative estimate of drug-likeness (QED) is 0.177. The summed E-state index contributed by atoms with van der Waals surface area (Å²) < 4.78 is 16.5. The average Bonchev–Trinajstić information content (AvgIpc) is 3.03. The minimum absolute atomic E-state index is 0.195. The van der Waals surface area contributed by atoms with E-state index >= 15 is 0 Å². The van der Waals surface area contributed by atoms with Crippen LogP contribution in [-0.2, 0) is 20.9 Å². The van der Waals surface area contributed by atoms with Gasteiger partial charge in [-0.15, -0.1) is 0 Å². The average molecular weight is 551 g/mol. The molecule has 4 aromatic carbocycles. The van der Waals surface area contributed by atoms with Gasteiger partial charge in [0.05, 0.1) is 33.5 Å². The maximum atomic E-state index is 13.9. The van der Waals surface area contributed by atoms with E-state index in [0.717, 1.165) is 16.7 Å². The molecule has 0 saturated heterocycles. The van der Waals surface area contributed by atoms with Gasteiger partial charge in [0.2, 0.25) is 0 Å². The number of benzene rings is 4. The van der Waals surface area contributed by atoms with Crippen molar-refractivity contribution >= 4 is 17.8 Å². The monoisotopic (exact) mass is 550 g/mol. The topological polar surface area (TPSA) is 99.9 Å². The summed E-state index contributed by atoms with van der Waals surface area (Å²) in [5.41, 5.74) is 7.92. The number of carbonyl (C=O) groups is 2. The van der Waals surface area contributed by atoms with Crippen molar-refractivity contribution in [2.45, 2.75) is 18.2 Å². The molecule has 4 aromatic rings. The Morgan fingerprint density at radius 1 is 0.805 bits per heavy atom. The van der Waals surface area contributed by atoms with Gasteiger partial charge < -0.3 is 25.3 Å². The molecule has 1 amide bonds. The van der Waals surface area contributed by atoms with E-state index < -0.39 is 23.3 Å². The maximum Gasteiger partial charge on any atom is 0.251 e. The molecule has 0 fully saturated rings. The fourth-order valence-electron chi connectivity index (χ4n) is 4.34. The van der Waals surface area contributed by atoms with Gasteiger partial charge in [0.25, 0.3) is 5.91 Å². The summed E-state index contributed by atoms with van der Waals surface area (Å²) in [6.07, 6.45) is 2.88. The van der Waals surface area contributed by atoms with Gasteiger partial charge in [-0.1, -0.05) is 103 Å². The van der Waals surface area contributed by atoms with Crippen molar-refractivity contribution in [3.05, 3.63) is 138 Å². The Morgan fingerprint density at radius 2 is 1.37 bits per heavy atom. The Labute approximate surface area is 240 Å². The normalized spacial score (nSPS) is 12.6. The number of nitrogens with two attached hydrogens (primary N) is 1. The van der Waals surface area contributed by atoms with E-state index in [-0.39, 0.29) is 13.2 Å². The van der Waals surface area contributed by atoms with Crippen molar-refractivity contribution in [3.8, 4) is 11.5 Å². The standard InChI is InChI=1S/C34H34N2O5/c1-39-29-20-18-25(22-30(29)40-2)19-21-31(37)34(35,24-41-23-26-12-6-3-7-13-26)33(38)36-32(27-14-8-4-9-15-27)28-16-10-5-11-17-28/h3-22,32H,23-24,35H2,1-2H3,(H,36,38)/t34-/m1/s1. The van der Waals surface area contributed by atoms with Crippen LogP contribution in [0.4, 0.5) is 0 Å². The predicted octanol–water partition coefficient (Wildman–Crippen LogP) is 5.11. The number of rotatable bonds is 13. The van der Waals surface area contributed by atoms with Gasteiger partial charge in [-0.2, -0.15) is 0 Å². The van der Waals surface area contributed by atoms with Crippen molar-refractivity contribution in [1.29, 1.82) is 0 Å². The Balaban J connectivity index is 1.62. The van der Waals surface area contributed by atoms with Gasteiger partial charge in [-0.3, -0.25) is 9.59 Å². The Bertz CT molecular complexity index is 1420. The summed E-state index contributed by atoms with van der Waals surface area (Å²) in [5.74, 6) is -0.174. The van der Waals surface area contributed by atoms with E-state index in [1.54, 1.807) is 31.4 Å². The van der Waals surface area contributed by atoms with E-state index in [2.05, 4.69) is 5.32 Å². The third-order valence-electron chi connectivity index (χ3n) is 6.66. The minimum atomic E-state index is -2.00. The molecule has 0 aliphatic heterocycles. The first-order chi connectivity index (χ1) is 19.9. The zero-order valence-electron chi connectivity index (χ0n) is 23.2. The van der Waals surface area contributed by atoms with Crippen LogP contribution in [0.15, 0.2) is 115 Å². The van der Waals surface area contributed by atoms with E-state index in [1.807, 2.05) is 91.0 Å². The first-order valence-corrected chi connectivity index (χ1v) is 13.2. The van der Waals surface area contributed by atoms with Gasteiger partial charge in [-0.25, -0.2) is 0 Å². The molecule has 0 heterocycles. The molecule has 7 nitrogen and oxygen atoms in total. The molecule has 0 saturated carbocycles. The highest BCUT2D eigenvalue weighted by atomic mass is 16.5. The largest absolute Gasteiger partial charge is 0.493 e. The number of methoxy groups -OCH3 is 2. The molecule has 0 radical (unpaired) electrons. The van der Waals surface area contributed by atoms with Crippen molar-refractivity contribution in [1.82, 2.24) is 5.32 Å². The van der Waals surface area contributed by atoms with Crippen LogP contribution in [0.25, 0.3) is 6.08 Å². The summed E-state index contributed by atoms with van der Waals surface area (Å²) in [7, 11) is 3.08. The lowest BCUT2D eigenvalue weighted by atomic mass is 9.91. The summed E-state index contributed by atoms with van der Waals surface area (Å²) in [6.45, 7) is -0.125. The van der Waals surface area contributed by atoms with Crippen LogP contribution in [0, 0.1) is 0 Å². The fraction of sp³-hybridized carbons (Fsp3) is 0.176. The molecule has 210 valence electrons. The molecule has 0 aliphatic carbocycles. The number of amides is 1. The van der Waals surface area contributed by atoms with Gasteiger partial charge in [-0.05, 0) is 40.5 Å². The van der Waals surface area contributed by atoms with E-state index in [4.69, 9.17) is 19.9 Å². The Kier molecular flexibility index (Phi) is 10.0. The summed E-state index contributed by atoms with van der Waals surface area (Å²) in [5, 5.41) is 3.02. The van der Waals surface area contributed by atoms with Gasteiger partial charge >= 0.3 is 0 Å². The smallest absolute Gasteiger partial charge is 0.251 e. The molecular formula is C34H34N2O5. The lowest BCUT2D eigenvalue weighted by molar-refractivity contribution is -0.137. The van der Waals surface area contributed by atoms with Crippen LogP contribution < -0.4 is 20.5 Å². The number of hydrogen-bond acceptors (Lipinski definition) is 6. The SMILES string of the molecule is COc1ccc(C=CC(=O)[C@](N)(COCc2ccccc2)C(=O)NC(c2ccccc2)c2ccccc2)cc1OC. The maximum absolute atomic E-state index is 13.9. The van der Waals surface area contributed by atoms with Gasteiger partial charge in [0.1, 0.15) is 0 Å². The highest BCUT2D eigenvalue weighted by Crippen LogP contribution is 2.28. The molecule has 7 heteroatoms. The summed E-state index contributed by atoms with van der Waals surface area (Å²) >= 11 is 0. The van der Waals surface area contributed by atoms with E-state index in [1.165, 1.54) is 13.2 Å². The first kappa shape index (κ1) is 29.3. The number of carbonyl (C=O) groups excluding carboxylic acids is 2. The molecule has 0 spiro atoms. The fourth-order valence-corrected chi connectivity index (χ4v) is 4.34. The molecule has 0 aromatic heterocycles. The van der Waals surface area contributed by atoms with Crippen LogP contribution in [0.5, 0.6) is 11.5 Å². The van der Waals surface area contributed by atoms with Crippen LogP contribution in [0.3, 0.4) is 0 Å². The van der Waals surface area contributed by atoms with Crippen molar-refractivity contribution < 1.29 is 23.8 Å². The highest BCUT2D eigenvalue weighted by Gasteiger charge is 2.42. The molecule has 0 unspecified atom stereocenters. The lowest BCUT2D eigenvalue weighted by Crippen LogP contribution is -2.62. The Hall–Kier alpha value is -4.72. The Morgan fingerprint density at radius 3 is 1.93 bits per heavy atom. The molecule has 41 heavy (non-hydrogen) atoms. The van der Waals surface area contributed by atoms with Crippen LogP contribution in [0.2, 0.25) is 0 Å². The van der Waals surface area contributed by atoms with Gasteiger partial charge in [0.15, 0.2) is 22.8 Å². The predicted molar refractivity (Wildman–Crippen MR) is 159 cm³/mol. The number of ketones is 1. The number of ether oxygens (including phenoxy) is 3. The second kappa shape index (κ2) is 14.1. The van der Waals surface area contributed by atoms with E-state index in [0.29, 0.717) is 17.1 Å². The van der Waals surface area contributed by atoms with E-state index in [9.17, 15) is 9.59 Å².